The van der Waals surface area contributed by atoms with Crippen LogP contribution in [0.5, 0.6) is 0 Å². The predicted molar refractivity (Wildman–Crippen MR) is 147 cm³/mol. The smallest absolute Gasteiger partial charge is 0.244 e. The summed E-state index contributed by atoms with van der Waals surface area (Å²) in [6, 6.07) is 14.1. The highest BCUT2D eigenvalue weighted by atomic mass is 79.9. The number of rotatable bonds is 10. The molecular weight excluding hydrogens is 542 g/mol. The van der Waals surface area contributed by atoms with E-state index in [1.54, 1.807) is 19.1 Å². The number of benzene rings is 2. The van der Waals surface area contributed by atoms with Crippen molar-refractivity contribution >= 4 is 43.5 Å². The minimum Gasteiger partial charge on any atom is -0.352 e. The summed E-state index contributed by atoms with van der Waals surface area (Å²) < 4.78 is 27.4. The van der Waals surface area contributed by atoms with E-state index in [2.05, 4.69) is 35.1 Å². The van der Waals surface area contributed by atoms with E-state index in [-0.39, 0.29) is 18.5 Å². The molecule has 9 heteroatoms. The van der Waals surface area contributed by atoms with Crippen LogP contribution >= 0.6 is 15.9 Å². The molecule has 0 radical (unpaired) electrons. The van der Waals surface area contributed by atoms with Crippen LogP contribution in [0.2, 0.25) is 0 Å². The second kappa shape index (κ2) is 12.2. The van der Waals surface area contributed by atoms with Gasteiger partial charge in [-0.15, -0.1) is 0 Å². The van der Waals surface area contributed by atoms with Gasteiger partial charge in [-0.3, -0.25) is 13.9 Å². The number of amides is 2. The largest absolute Gasteiger partial charge is 0.352 e. The second-order valence-electron chi connectivity index (χ2n) is 9.83. The summed E-state index contributed by atoms with van der Waals surface area (Å²) in [5.74, 6) is -0.368. The molecule has 0 unspecified atom stereocenters. The number of anilines is 1. The molecule has 1 aliphatic rings. The molecule has 0 saturated heterocycles. The molecule has 2 amide bonds. The number of sulfonamides is 1. The summed E-state index contributed by atoms with van der Waals surface area (Å²) in [6.07, 6.45) is 5.13. The van der Waals surface area contributed by atoms with E-state index >= 15 is 0 Å². The number of hydrogen-bond acceptors (Lipinski definition) is 4. The highest BCUT2D eigenvalue weighted by Crippen LogP contribution is 2.23. The minimum atomic E-state index is -3.75. The number of carbonyl (C=O) groups is 2. The van der Waals surface area contributed by atoms with E-state index in [0.29, 0.717) is 11.6 Å². The predicted octanol–water partition coefficient (Wildman–Crippen LogP) is 4.81. The molecule has 7 nitrogen and oxygen atoms in total. The first-order valence-corrected chi connectivity index (χ1v) is 15.0. The number of nitrogens with one attached hydrogen (secondary N) is 1. The molecule has 1 fully saturated rings. The van der Waals surface area contributed by atoms with Crippen LogP contribution in [0.15, 0.2) is 53.0 Å². The minimum absolute atomic E-state index is 0.120. The summed E-state index contributed by atoms with van der Waals surface area (Å²) in [4.78, 5) is 28.2. The highest BCUT2D eigenvalue weighted by Gasteiger charge is 2.31. The number of hydrogen-bond donors (Lipinski definition) is 1. The summed E-state index contributed by atoms with van der Waals surface area (Å²) in [6.45, 7) is 5.61. The van der Waals surface area contributed by atoms with Crippen LogP contribution in [0.25, 0.3) is 0 Å². The first-order chi connectivity index (χ1) is 17.0. The second-order valence-corrected chi connectivity index (χ2v) is 12.7. The summed E-state index contributed by atoms with van der Waals surface area (Å²) in [7, 11) is -3.75. The fraction of sp³-hybridized carbons (Fsp3) is 0.481. The van der Waals surface area contributed by atoms with Crippen LogP contribution in [0.1, 0.15) is 63.5 Å². The van der Waals surface area contributed by atoms with Gasteiger partial charge in [0, 0.05) is 17.1 Å². The van der Waals surface area contributed by atoms with Crippen molar-refractivity contribution < 1.29 is 18.0 Å². The molecule has 2 aromatic carbocycles. The summed E-state index contributed by atoms with van der Waals surface area (Å²) in [5.41, 5.74) is 2.33. The van der Waals surface area contributed by atoms with Gasteiger partial charge in [-0.25, -0.2) is 8.42 Å². The molecular formula is C27H36BrN3O4S. The third-order valence-electron chi connectivity index (χ3n) is 6.64. The first kappa shape index (κ1) is 28.2. The molecule has 0 heterocycles. The maximum atomic E-state index is 13.6. The van der Waals surface area contributed by atoms with E-state index in [4.69, 9.17) is 0 Å². The Kier molecular flexibility index (Phi) is 9.58. The third-order valence-corrected chi connectivity index (χ3v) is 8.27. The molecule has 36 heavy (non-hydrogen) atoms. The summed E-state index contributed by atoms with van der Waals surface area (Å²) >= 11 is 3.46. The van der Waals surface area contributed by atoms with E-state index < -0.39 is 28.5 Å². The molecule has 0 spiro atoms. The van der Waals surface area contributed by atoms with Gasteiger partial charge in [0.25, 0.3) is 0 Å². The molecule has 1 aliphatic carbocycles. The molecule has 1 atom stereocenters. The van der Waals surface area contributed by atoms with Gasteiger partial charge >= 0.3 is 0 Å². The van der Waals surface area contributed by atoms with Gasteiger partial charge in [-0.05, 0) is 61.1 Å². The number of halogens is 1. The van der Waals surface area contributed by atoms with Crippen molar-refractivity contribution in [1.29, 1.82) is 0 Å². The lowest BCUT2D eigenvalue weighted by Gasteiger charge is -2.32. The van der Waals surface area contributed by atoms with Crippen molar-refractivity contribution in [2.45, 2.75) is 71.0 Å². The Balaban J connectivity index is 1.87. The average Bonchev–Trinajstić information content (AvgIpc) is 3.33. The van der Waals surface area contributed by atoms with Gasteiger partial charge < -0.3 is 10.2 Å². The van der Waals surface area contributed by atoms with Crippen molar-refractivity contribution in [3.63, 3.8) is 0 Å². The lowest BCUT2D eigenvalue weighted by Crippen LogP contribution is -2.52. The Morgan fingerprint density at radius 2 is 1.69 bits per heavy atom. The highest BCUT2D eigenvalue weighted by molar-refractivity contribution is 9.10. The van der Waals surface area contributed by atoms with E-state index in [0.717, 1.165) is 51.8 Å². The van der Waals surface area contributed by atoms with Crippen LogP contribution in [0, 0.1) is 0 Å². The first-order valence-electron chi connectivity index (χ1n) is 12.4. The number of nitrogens with zero attached hydrogens (tertiary/aromatic N) is 2. The number of carbonyl (C=O) groups excluding carboxylic acids is 2. The fourth-order valence-corrected chi connectivity index (χ4v) is 5.74. The Morgan fingerprint density at radius 3 is 2.25 bits per heavy atom. The molecule has 0 aliphatic heterocycles. The zero-order valence-electron chi connectivity index (χ0n) is 21.4. The SMILES string of the molecule is CC(C)c1ccc(N(CC(=O)N(Cc2cccc(Br)c2)[C@H](C)C(=O)NC2CCCC2)S(C)(=O)=O)cc1. The quantitative estimate of drug-likeness (QED) is 0.438. The van der Waals surface area contributed by atoms with Gasteiger partial charge in [0.15, 0.2) is 0 Å². The monoisotopic (exact) mass is 577 g/mol. The van der Waals surface area contributed by atoms with E-state index in [1.165, 1.54) is 4.90 Å². The van der Waals surface area contributed by atoms with Crippen LogP contribution in [-0.2, 0) is 26.2 Å². The Morgan fingerprint density at radius 1 is 1.06 bits per heavy atom. The fourth-order valence-electron chi connectivity index (χ4n) is 4.45. The maximum absolute atomic E-state index is 13.6. The Labute approximate surface area is 223 Å². The lowest BCUT2D eigenvalue weighted by atomic mass is 10.0. The molecule has 1 saturated carbocycles. The molecule has 2 aromatic rings. The maximum Gasteiger partial charge on any atom is 0.244 e. The normalized spacial score (nSPS) is 15.1. The van der Waals surface area contributed by atoms with Gasteiger partial charge in [0.05, 0.1) is 11.9 Å². The zero-order chi connectivity index (χ0) is 26.5. The molecule has 0 bridgehead atoms. The molecule has 3 rings (SSSR count). The van der Waals surface area contributed by atoms with E-state index in [9.17, 15) is 18.0 Å². The van der Waals surface area contributed by atoms with Crippen molar-refractivity contribution in [2.24, 2.45) is 0 Å². The molecule has 1 N–H and O–H groups in total. The molecule has 196 valence electrons. The third kappa shape index (κ3) is 7.56. The van der Waals surface area contributed by atoms with Crippen LogP contribution in [0.4, 0.5) is 5.69 Å². The van der Waals surface area contributed by atoms with Gasteiger partial charge in [0.2, 0.25) is 21.8 Å². The Bertz CT molecular complexity index is 1160. The van der Waals surface area contributed by atoms with Crippen molar-refractivity contribution in [1.82, 2.24) is 10.2 Å². The van der Waals surface area contributed by atoms with Gasteiger partial charge in [-0.2, -0.15) is 0 Å². The van der Waals surface area contributed by atoms with Crippen molar-refractivity contribution in [3.8, 4) is 0 Å². The standard InChI is InChI=1S/C27H36BrN3O4S/c1-19(2)22-12-14-25(15-13-22)31(36(4,34)35)18-26(32)30(17-21-8-7-9-23(28)16-21)20(3)27(33)29-24-10-5-6-11-24/h7-9,12-16,19-20,24H,5-6,10-11,17-18H2,1-4H3,(H,29,33)/t20-/m1/s1. The van der Waals surface area contributed by atoms with Crippen LogP contribution < -0.4 is 9.62 Å². The summed E-state index contributed by atoms with van der Waals surface area (Å²) in [5, 5.41) is 3.07. The van der Waals surface area contributed by atoms with Crippen LogP contribution in [0.3, 0.4) is 0 Å². The van der Waals surface area contributed by atoms with Gasteiger partial charge in [0.1, 0.15) is 12.6 Å². The van der Waals surface area contributed by atoms with Crippen molar-refractivity contribution in [3.05, 3.63) is 64.1 Å². The average molecular weight is 579 g/mol. The van der Waals surface area contributed by atoms with Gasteiger partial charge in [-0.1, -0.05) is 66.9 Å². The van der Waals surface area contributed by atoms with Crippen molar-refractivity contribution in [2.75, 3.05) is 17.1 Å². The zero-order valence-corrected chi connectivity index (χ0v) is 23.8. The topological polar surface area (TPSA) is 86.8 Å². The molecule has 0 aromatic heterocycles. The van der Waals surface area contributed by atoms with Crippen LogP contribution in [-0.4, -0.2) is 50.0 Å². The van der Waals surface area contributed by atoms with E-state index in [1.807, 2.05) is 36.4 Å². The Hall–Kier alpha value is -2.39. The lowest BCUT2D eigenvalue weighted by molar-refractivity contribution is -0.139.